The van der Waals surface area contributed by atoms with Gasteiger partial charge in [0.2, 0.25) is 0 Å². The number of hydrogen-bond acceptors (Lipinski definition) is 3. The second-order valence-corrected chi connectivity index (χ2v) is 3.64. The molecule has 6 heteroatoms. The quantitative estimate of drug-likeness (QED) is 0.380. The molecule has 4 nitrogen and oxygen atoms in total. The number of allylic oxidation sites excluding steroid dienone is 2. The van der Waals surface area contributed by atoms with E-state index in [1.807, 2.05) is 4.72 Å². The number of rotatable bonds is 2. The summed E-state index contributed by atoms with van der Waals surface area (Å²) in [6.07, 6.45) is 5.32. The Morgan fingerprint density at radius 3 is 2.50 bits per heavy atom. The summed E-state index contributed by atoms with van der Waals surface area (Å²) in [6.45, 7) is 0. The van der Waals surface area contributed by atoms with Crippen molar-refractivity contribution in [2.75, 3.05) is 0 Å². The molecule has 0 saturated carbocycles. The first kappa shape index (κ1) is 12.0. The van der Waals surface area contributed by atoms with Crippen molar-refractivity contribution in [3.8, 4) is 0 Å². The minimum absolute atomic E-state index is 0. The van der Waals surface area contributed by atoms with Gasteiger partial charge in [0.25, 0.3) is 0 Å². The fraction of sp³-hybridized carbons (Fsp3) is 0.667. The molecule has 0 atom stereocenters. The largest absolute Gasteiger partial charge is 1.00 e. The van der Waals surface area contributed by atoms with Crippen molar-refractivity contribution < 1.29 is 31.8 Å². The van der Waals surface area contributed by atoms with Gasteiger partial charge in [0.1, 0.15) is 0 Å². The van der Waals surface area contributed by atoms with Crippen molar-refractivity contribution in [2.24, 2.45) is 0 Å². The van der Waals surface area contributed by atoms with Gasteiger partial charge in [-0.2, -0.15) is 0 Å². The minimum atomic E-state index is -4.29. The molecule has 0 fully saturated rings. The van der Waals surface area contributed by atoms with Gasteiger partial charge >= 0.3 is 18.9 Å². The van der Waals surface area contributed by atoms with Gasteiger partial charge in [-0.3, -0.25) is 4.72 Å². The van der Waals surface area contributed by atoms with Crippen LogP contribution in [0.3, 0.4) is 0 Å². The first-order valence-electron chi connectivity index (χ1n) is 3.50. The van der Waals surface area contributed by atoms with Crippen molar-refractivity contribution in [1.29, 1.82) is 0 Å². The summed E-state index contributed by atoms with van der Waals surface area (Å²) in [4.78, 5) is 0. The van der Waals surface area contributed by atoms with E-state index < -0.39 is 10.3 Å². The molecular weight excluding hydrogens is 173 g/mol. The predicted molar refractivity (Wildman–Crippen MR) is 39.4 cm³/mol. The minimum Gasteiger partial charge on any atom is -0.731 e. The molecule has 64 valence electrons. The summed E-state index contributed by atoms with van der Waals surface area (Å²) in [5.74, 6) is 0. The standard InChI is InChI=1S/C6H11NO3S.Li/c8-11(9,10)7-6-4-2-1-3-5-6;/h4,7H,1-3,5H2,(H,8,9,10);/q;+1/p-1. The fourth-order valence-electron chi connectivity index (χ4n) is 1.09. The molecule has 1 N–H and O–H groups in total. The van der Waals surface area contributed by atoms with E-state index in [0.717, 1.165) is 19.3 Å². The Bertz CT molecular complexity index is 260. The fourth-order valence-corrected chi connectivity index (χ4v) is 1.60. The normalized spacial score (nSPS) is 17.6. The van der Waals surface area contributed by atoms with E-state index in [0.29, 0.717) is 12.1 Å². The smallest absolute Gasteiger partial charge is 0.731 e. The van der Waals surface area contributed by atoms with Crippen molar-refractivity contribution >= 4 is 10.3 Å². The van der Waals surface area contributed by atoms with Crippen LogP contribution in [0.2, 0.25) is 0 Å². The molecule has 1 aliphatic carbocycles. The number of hydrogen-bond donors (Lipinski definition) is 1. The summed E-state index contributed by atoms with van der Waals surface area (Å²) in [5.41, 5.74) is 0.547. The second-order valence-electron chi connectivity index (χ2n) is 2.53. The van der Waals surface area contributed by atoms with Crippen LogP contribution in [-0.4, -0.2) is 13.0 Å². The third-order valence-corrected chi connectivity index (χ3v) is 2.06. The van der Waals surface area contributed by atoms with Crippen LogP contribution in [0.15, 0.2) is 11.8 Å². The Balaban J connectivity index is 0.00000121. The SMILES string of the molecule is O=S(=O)([O-])NC1=CCCCC1.[Li+]. The van der Waals surface area contributed by atoms with E-state index in [2.05, 4.69) is 0 Å². The molecule has 0 aromatic rings. The molecule has 0 bridgehead atoms. The van der Waals surface area contributed by atoms with Gasteiger partial charge in [0.15, 0.2) is 10.3 Å². The zero-order valence-electron chi connectivity index (χ0n) is 7.04. The summed E-state index contributed by atoms with van der Waals surface area (Å²) in [7, 11) is -4.29. The Labute approximate surface area is 84.5 Å². The maximum absolute atomic E-state index is 10.2. The second kappa shape index (κ2) is 4.93. The first-order chi connectivity index (χ1) is 5.08. The molecule has 1 rings (SSSR count). The van der Waals surface area contributed by atoms with Gasteiger partial charge in [0.05, 0.1) is 0 Å². The van der Waals surface area contributed by atoms with E-state index in [1.165, 1.54) is 0 Å². The third kappa shape index (κ3) is 4.83. The molecule has 0 aromatic carbocycles. The molecule has 0 saturated heterocycles. The summed E-state index contributed by atoms with van der Waals surface area (Å²) < 4.78 is 32.5. The van der Waals surface area contributed by atoms with Crippen molar-refractivity contribution in [1.82, 2.24) is 4.72 Å². The molecule has 0 aliphatic heterocycles. The molecule has 0 aromatic heterocycles. The van der Waals surface area contributed by atoms with Crippen LogP contribution >= 0.6 is 0 Å². The Kier molecular flexibility index (Phi) is 4.94. The Morgan fingerprint density at radius 2 is 2.08 bits per heavy atom. The van der Waals surface area contributed by atoms with Crippen molar-refractivity contribution in [3.63, 3.8) is 0 Å². The summed E-state index contributed by atoms with van der Waals surface area (Å²) in [6, 6.07) is 0. The number of nitrogens with one attached hydrogen (secondary N) is 1. The topological polar surface area (TPSA) is 69.2 Å². The van der Waals surface area contributed by atoms with Gasteiger partial charge in [-0.1, -0.05) is 6.08 Å². The van der Waals surface area contributed by atoms with E-state index in [1.54, 1.807) is 6.08 Å². The zero-order valence-corrected chi connectivity index (χ0v) is 7.86. The molecule has 12 heavy (non-hydrogen) atoms. The molecular formula is C6H10LiNO3S. The van der Waals surface area contributed by atoms with Crippen molar-refractivity contribution in [3.05, 3.63) is 11.8 Å². The maximum Gasteiger partial charge on any atom is 1.00 e. The van der Waals surface area contributed by atoms with Crippen LogP contribution in [0.5, 0.6) is 0 Å². The van der Waals surface area contributed by atoms with E-state index in [9.17, 15) is 13.0 Å². The van der Waals surface area contributed by atoms with E-state index in [-0.39, 0.29) is 18.9 Å². The van der Waals surface area contributed by atoms with Gasteiger partial charge in [0, 0.05) is 5.70 Å². The molecule has 1 aliphatic rings. The van der Waals surface area contributed by atoms with E-state index in [4.69, 9.17) is 0 Å². The van der Waals surface area contributed by atoms with Crippen LogP contribution in [0.4, 0.5) is 0 Å². The maximum atomic E-state index is 10.2. The average Bonchev–Trinajstić information content (AvgIpc) is 1.85. The average molecular weight is 183 g/mol. The Morgan fingerprint density at radius 1 is 1.42 bits per heavy atom. The van der Waals surface area contributed by atoms with Crippen LogP contribution in [0.1, 0.15) is 25.7 Å². The van der Waals surface area contributed by atoms with Crippen LogP contribution in [0.25, 0.3) is 0 Å². The molecule has 0 spiro atoms. The van der Waals surface area contributed by atoms with Gasteiger partial charge < -0.3 is 4.55 Å². The first-order valence-corrected chi connectivity index (χ1v) is 4.91. The van der Waals surface area contributed by atoms with Crippen LogP contribution in [0, 0.1) is 0 Å². The molecule has 0 heterocycles. The van der Waals surface area contributed by atoms with Crippen LogP contribution < -0.4 is 23.6 Å². The predicted octanol–water partition coefficient (Wildman–Crippen LogP) is -2.50. The monoisotopic (exact) mass is 183 g/mol. The third-order valence-electron chi connectivity index (χ3n) is 1.55. The Hall–Kier alpha value is 0.0474. The van der Waals surface area contributed by atoms with E-state index >= 15 is 0 Å². The summed E-state index contributed by atoms with van der Waals surface area (Å²) >= 11 is 0. The molecule has 0 amide bonds. The molecule has 0 radical (unpaired) electrons. The van der Waals surface area contributed by atoms with Crippen LogP contribution in [-0.2, 0) is 10.3 Å². The van der Waals surface area contributed by atoms with Crippen molar-refractivity contribution in [2.45, 2.75) is 25.7 Å². The van der Waals surface area contributed by atoms with Gasteiger partial charge in [-0.15, -0.1) is 0 Å². The zero-order chi connectivity index (χ0) is 8.32. The van der Waals surface area contributed by atoms with Gasteiger partial charge in [-0.25, -0.2) is 8.42 Å². The molecule has 0 unspecified atom stereocenters. The summed E-state index contributed by atoms with van der Waals surface area (Å²) in [5, 5.41) is 0. The van der Waals surface area contributed by atoms with Gasteiger partial charge in [-0.05, 0) is 25.7 Å².